The fourth-order valence-corrected chi connectivity index (χ4v) is 3.93. The molecule has 23 heavy (non-hydrogen) atoms. The molecular weight excluding hydrogens is 321 g/mol. The normalized spacial score (nSPS) is 25.2. The molecular formula is C12H20BN5O4S. The fourth-order valence-electron chi connectivity index (χ4n) is 2.65. The van der Waals surface area contributed by atoms with Crippen molar-refractivity contribution in [3.05, 3.63) is 12.3 Å². The maximum atomic E-state index is 12.4. The van der Waals surface area contributed by atoms with Crippen molar-refractivity contribution in [2.24, 2.45) is 11.7 Å². The summed E-state index contributed by atoms with van der Waals surface area (Å²) in [6.07, 6.45) is 8.12. The van der Waals surface area contributed by atoms with Crippen molar-refractivity contribution in [1.29, 1.82) is 0 Å². The smallest absolute Gasteiger partial charge is 0.427 e. The van der Waals surface area contributed by atoms with Crippen LogP contribution in [-0.4, -0.2) is 58.7 Å². The lowest BCUT2D eigenvalue weighted by molar-refractivity contribution is 0.376. The summed E-state index contributed by atoms with van der Waals surface area (Å²) >= 11 is 0. The molecule has 0 saturated carbocycles. The van der Waals surface area contributed by atoms with Crippen LogP contribution in [0.1, 0.15) is 12.8 Å². The van der Waals surface area contributed by atoms with Gasteiger partial charge in [0.1, 0.15) is 5.82 Å². The number of H-pyrrole nitrogens is 1. The molecule has 0 spiro atoms. The lowest BCUT2D eigenvalue weighted by Gasteiger charge is -2.24. The molecule has 9 nitrogen and oxygen atoms in total. The first-order chi connectivity index (χ1) is 10.8. The molecule has 0 aliphatic carbocycles. The van der Waals surface area contributed by atoms with E-state index >= 15 is 0 Å². The van der Waals surface area contributed by atoms with E-state index in [-0.39, 0.29) is 31.1 Å². The average molecular weight is 341 g/mol. The van der Waals surface area contributed by atoms with Gasteiger partial charge in [-0.15, -0.1) is 6.42 Å². The Morgan fingerprint density at radius 1 is 1.65 bits per heavy atom. The highest BCUT2D eigenvalue weighted by Gasteiger charge is 2.46. The highest BCUT2D eigenvalue weighted by molar-refractivity contribution is 7.90. The predicted molar refractivity (Wildman–Crippen MR) is 86.2 cm³/mol. The molecule has 1 aromatic rings. The number of hydrogen-bond acceptors (Lipinski definition) is 6. The van der Waals surface area contributed by atoms with Gasteiger partial charge >= 0.3 is 17.3 Å². The van der Waals surface area contributed by atoms with Gasteiger partial charge in [-0.3, -0.25) is 9.82 Å². The average Bonchev–Trinajstić information content (AvgIpc) is 3.07. The third-order valence-electron chi connectivity index (χ3n) is 3.95. The number of aromatic amines is 1. The number of nitrogens with one attached hydrogen (secondary N) is 2. The minimum Gasteiger partial charge on any atom is -0.427 e. The Labute approximate surface area is 135 Å². The van der Waals surface area contributed by atoms with Crippen LogP contribution in [0, 0.1) is 18.3 Å². The van der Waals surface area contributed by atoms with Crippen molar-refractivity contribution in [3.8, 4) is 12.3 Å². The number of terminal acetylenes is 1. The van der Waals surface area contributed by atoms with Gasteiger partial charge in [0, 0.05) is 25.1 Å². The first kappa shape index (κ1) is 17.8. The zero-order valence-corrected chi connectivity index (χ0v) is 13.3. The van der Waals surface area contributed by atoms with E-state index in [0.29, 0.717) is 12.8 Å². The Morgan fingerprint density at radius 3 is 2.96 bits per heavy atom. The zero-order valence-electron chi connectivity index (χ0n) is 12.5. The van der Waals surface area contributed by atoms with Crippen molar-refractivity contribution in [1.82, 2.24) is 14.5 Å². The molecule has 0 bridgehead atoms. The largest absolute Gasteiger partial charge is 0.451 e. The summed E-state index contributed by atoms with van der Waals surface area (Å²) in [4.78, 5) is 0. The van der Waals surface area contributed by atoms with Crippen LogP contribution in [0.2, 0.25) is 6.32 Å². The van der Waals surface area contributed by atoms with Crippen LogP contribution in [0.15, 0.2) is 12.3 Å². The third kappa shape index (κ3) is 4.24. The van der Waals surface area contributed by atoms with Gasteiger partial charge in [-0.1, -0.05) is 12.3 Å². The van der Waals surface area contributed by atoms with E-state index in [1.807, 2.05) is 0 Å². The summed E-state index contributed by atoms with van der Waals surface area (Å²) < 4.78 is 28.4. The van der Waals surface area contributed by atoms with Crippen LogP contribution >= 0.6 is 0 Å². The summed E-state index contributed by atoms with van der Waals surface area (Å²) in [6, 6.07) is 1.49. The lowest BCUT2D eigenvalue weighted by atomic mass is 9.79. The molecule has 6 N–H and O–H groups in total. The van der Waals surface area contributed by atoms with E-state index in [0.717, 1.165) is 0 Å². The van der Waals surface area contributed by atoms with Crippen molar-refractivity contribution in [3.63, 3.8) is 0 Å². The second-order valence-electron chi connectivity index (χ2n) is 5.66. The van der Waals surface area contributed by atoms with Crippen LogP contribution in [0.25, 0.3) is 0 Å². The topological polar surface area (TPSA) is 145 Å². The highest BCUT2D eigenvalue weighted by Crippen LogP contribution is 2.31. The highest BCUT2D eigenvalue weighted by atomic mass is 32.2. The van der Waals surface area contributed by atoms with Crippen LogP contribution in [0.4, 0.5) is 5.82 Å². The summed E-state index contributed by atoms with van der Waals surface area (Å²) in [5.41, 5.74) is 5.08. The van der Waals surface area contributed by atoms with E-state index in [1.165, 1.54) is 16.6 Å². The van der Waals surface area contributed by atoms with Gasteiger partial charge in [0.15, 0.2) is 0 Å². The molecule has 0 amide bonds. The second kappa shape index (κ2) is 6.90. The molecule has 1 saturated heterocycles. The van der Waals surface area contributed by atoms with Crippen molar-refractivity contribution < 1.29 is 18.5 Å². The summed E-state index contributed by atoms with van der Waals surface area (Å²) in [5, 5.41) is 24.0. The number of anilines is 1. The van der Waals surface area contributed by atoms with Crippen molar-refractivity contribution in [2.75, 3.05) is 17.8 Å². The molecule has 1 aromatic heterocycles. The molecule has 126 valence electrons. The minimum atomic E-state index is -3.80. The number of nitrogens with two attached hydrogens (primary N) is 1. The molecule has 1 aliphatic rings. The van der Waals surface area contributed by atoms with Gasteiger partial charge in [0.2, 0.25) is 0 Å². The van der Waals surface area contributed by atoms with Crippen LogP contribution in [0.5, 0.6) is 0 Å². The quantitative estimate of drug-likeness (QED) is 0.304. The molecule has 0 unspecified atom stereocenters. The van der Waals surface area contributed by atoms with E-state index in [4.69, 9.17) is 22.2 Å². The van der Waals surface area contributed by atoms with Gasteiger partial charge in [-0.05, 0) is 12.7 Å². The van der Waals surface area contributed by atoms with E-state index in [1.54, 1.807) is 0 Å². The summed E-state index contributed by atoms with van der Waals surface area (Å²) in [7, 11) is -5.19. The summed E-state index contributed by atoms with van der Waals surface area (Å²) in [5.74, 6) is 2.48. The second-order valence-corrected chi connectivity index (χ2v) is 7.33. The van der Waals surface area contributed by atoms with Crippen molar-refractivity contribution >= 4 is 23.1 Å². The number of aromatic nitrogens is 2. The molecule has 11 heteroatoms. The fraction of sp³-hybridized carbons (Fsp3) is 0.583. The van der Waals surface area contributed by atoms with Crippen LogP contribution < -0.4 is 10.5 Å². The van der Waals surface area contributed by atoms with E-state index in [9.17, 15) is 8.42 Å². The first-order valence-electron chi connectivity index (χ1n) is 7.17. The van der Waals surface area contributed by atoms with Gasteiger partial charge in [0.05, 0.1) is 11.7 Å². The molecule has 0 aromatic carbocycles. The summed E-state index contributed by atoms with van der Waals surface area (Å²) in [6.45, 7) is 0.172. The predicted octanol–water partition coefficient (Wildman–Crippen LogP) is -1.42. The van der Waals surface area contributed by atoms with Crippen molar-refractivity contribution in [2.45, 2.75) is 24.7 Å². The zero-order chi connectivity index (χ0) is 17.1. The van der Waals surface area contributed by atoms with E-state index < -0.39 is 22.9 Å². The maximum absolute atomic E-state index is 12.4. The van der Waals surface area contributed by atoms with Crippen LogP contribution in [0.3, 0.4) is 0 Å². The van der Waals surface area contributed by atoms with E-state index in [2.05, 4.69) is 20.8 Å². The molecule has 0 radical (unpaired) electrons. The van der Waals surface area contributed by atoms with Crippen LogP contribution in [-0.2, 0) is 10.2 Å². The standard InChI is InChI=1S/C12H20BN5O4S/c1-2-12(14)9-18(8-10(12)4-3-6-13(19)20)23(21,22)17-11-5-7-15-16-11/h1,5,7,10,19-20H,3-4,6,8-9,14H2,(H2,15,16,17)/t10-,12-/m0/s1. The Morgan fingerprint density at radius 2 is 2.39 bits per heavy atom. The van der Waals surface area contributed by atoms with Gasteiger partial charge in [-0.2, -0.15) is 17.8 Å². The number of hydrogen-bond donors (Lipinski definition) is 5. The van der Waals surface area contributed by atoms with Gasteiger partial charge in [-0.25, -0.2) is 0 Å². The Balaban J connectivity index is 2.06. The molecule has 2 heterocycles. The SMILES string of the molecule is C#C[C@]1(N)CN(S(=O)(=O)Nc2ccn[nH]2)C[C@@H]1CCCB(O)O. The Hall–Kier alpha value is -1.58. The molecule has 1 aliphatic heterocycles. The molecule has 2 rings (SSSR count). The lowest BCUT2D eigenvalue weighted by Crippen LogP contribution is -2.47. The maximum Gasteiger partial charge on any atom is 0.451 e. The Bertz CT molecular complexity index is 659. The molecule has 1 fully saturated rings. The molecule has 2 atom stereocenters. The monoisotopic (exact) mass is 341 g/mol. The number of rotatable bonds is 7. The minimum absolute atomic E-state index is 0.000679. The van der Waals surface area contributed by atoms with Gasteiger partial charge < -0.3 is 15.8 Å². The Kier molecular flexibility index (Phi) is 5.33. The van der Waals surface area contributed by atoms with Gasteiger partial charge in [0.25, 0.3) is 0 Å². The number of nitrogens with zero attached hydrogens (tertiary/aromatic N) is 2. The first-order valence-corrected chi connectivity index (χ1v) is 8.61. The third-order valence-corrected chi connectivity index (χ3v) is 5.39.